The molecule has 7 nitrogen and oxygen atoms in total. The molecule has 1 aliphatic rings. The van der Waals surface area contributed by atoms with Gasteiger partial charge in [0.2, 0.25) is 0 Å². The van der Waals surface area contributed by atoms with Crippen molar-refractivity contribution in [1.29, 1.82) is 0 Å². The molecule has 1 fully saturated rings. The fourth-order valence-electron chi connectivity index (χ4n) is 2.73. The molecule has 8 heteroatoms. The van der Waals surface area contributed by atoms with Crippen molar-refractivity contribution in [2.24, 2.45) is 0 Å². The van der Waals surface area contributed by atoms with Crippen LogP contribution < -0.4 is 5.32 Å². The van der Waals surface area contributed by atoms with Gasteiger partial charge < -0.3 is 10.2 Å². The fraction of sp³-hybridized carbons (Fsp3) is 0.769. The van der Waals surface area contributed by atoms with Gasteiger partial charge in [-0.2, -0.15) is 9.40 Å². The van der Waals surface area contributed by atoms with Crippen LogP contribution in [-0.2, 0) is 16.6 Å². The van der Waals surface area contributed by atoms with Crippen molar-refractivity contribution in [2.75, 3.05) is 33.2 Å². The molecule has 0 aromatic carbocycles. The molecule has 21 heavy (non-hydrogen) atoms. The Morgan fingerprint density at radius 2 is 2.24 bits per heavy atom. The highest BCUT2D eigenvalue weighted by Crippen LogP contribution is 2.22. The van der Waals surface area contributed by atoms with Crippen LogP contribution in [0.4, 0.5) is 0 Å². The number of sulfonamides is 1. The zero-order valence-electron chi connectivity index (χ0n) is 13.0. The summed E-state index contributed by atoms with van der Waals surface area (Å²) in [4.78, 5) is 2.17. The van der Waals surface area contributed by atoms with Crippen LogP contribution in [0.5, 0.6) is 0 Å². The van der Waals surface area contributed by atoms with Gasteiger partial charge in [-0.1, -0.05) is 6.92 Å². The molecule has 0 aliphatic carbocycles. The standard InChI is InChI=1S/C13H25N5O2S/c1-4-14-8-12-9-15-16-13(12)21(19,20)18-7-5-6-17(3)10-11(18)2/h9,11,14H,4-8,10H2,1-3H3,(H,15,16). The van der Waals surface area contributed by atoms with Gasteiger partial charge in [-0.05, 0) is 33.5 Å². The van der Waals surface area contributed by atoms with Crippen LogP contribution in [0.25, 0.3) is 0 Å². The van der Waals surface area contributed by atoms with Gasteiger partial charge in [-0.3, -0.25) is 5.10 Å². The molecule has 0 amide bonds. The monoisotopic (exact) mass is 315 g/mol. The van der Waals surface area contributed by atoms with E-state index in [1.165, 1.54) is 0 Å². The summed E-state index contributed by atoms with van der Waals surface area (Å²) in [6.07, 6.45) is 2.43. The number of likely N-dealkylation sites (N-methyl/N-ethyl adjacent to an activating group) is 1. The van der Waals surface area contributed by atoms with E-state index in [-0.39, 0.29) is 11.1 Å². The third kappa shape index (κ3) is 3.63. The van der Waals surface area contributed by atoms with Crippen molar-refractivity contribution >= 4 is 10.0 Å². The summed E-state index contributed by atoms with van der Waals surface area (Å²) in [5.74, 6) is 0. The summed E-state index contributed by atoms with van der Waals surface area (Å²) in [6.45, 7) is 7.45. The van der Waals surface area contributed by atoms with Gasteiger partial charge in [-0.25, -0.2) is 8.42 Å². The first-order valence-corrected chi connectivity index (χ1v) is 8.84. The average Bonchev–Trinajstić information content (AvgIpc) is 2.82. The molecule has 2 rings (SSSR count). The zero-order valence-corrected chi connectivity index (χ0v) is 13.8. The second-order valence-corrected chi connectivity index (χ2v) is 7.41. The Balaban J connectivity index is 2.26. The SMILES string of the molecule is CCNCc1cn[nH]c1S(=O)(=O)N1CCCN(C)CC1C. The molecule has 1 aliphatic heterocycles. The highest BCUT2D eigenvalue weighted by atomic mass is 32.2. The first-order valence-electron chi connectivity index (χ1n) is 7.40. The largest absolute Gasteiger partial charge is 0.313 e. The quantitative estimate of drug-likeness (QED) is 0.813. The van der Waals surface area contributed by atoms with Gasteiger partial charge in [0, 0.05) is 31.2 Å². The van der Waals surface area contributed by atoms with Crippen LogP contribution in [0.3, 0.4) is 0 Å². The smallest absolute Gasteiger partial charge is 0.260 e. The third-order valence-electron chi connectivity index (χ3n) is 3.80. The maximum atomic E-state index is 12.9. The topological polar surface area (TPSA) is 81.3 Å². The minimum atomic E-state index is -3.53. The fourth-order valence-corrected chi connectivity index (χ4v) is 4.50. The van der Waals surface area contributed by atoms with Crippen molar-refractivity contribution in [2.45, 2.75) is 37.9 Å². The van der Waals surface area contributed by atoms with Crippen LogP contribution in [0.2, 0.25) is 0 Å². The second kappa shape index (κ2) is 6.87. The molecular formula is C13H25N5O2S. The summed E-state index contributed by atoms with van der Waals surface area (Å²) in [5, 5.41) is 9.96. The van der Waals surface area contributed by atoms with Crippen molar-refractivity contribution in [3.05, 3.63) is 11.8 Å². The molecule has 1 aromatic heterocycles. The predicted octanol–water partition coefficient (Wildman–Crippen LogP) is 0.234. The number of hydrogen-bond donors (Lipinski definition) is 2. The van der Waals surface area contributed by atoms with Crippen LogP contribution in [0.1, 0.15) is 25.8 Å². The van der Waals surface area contributed by atoms with E-state index >= 15 is 0 Å². The molecule has 2 heterocycles. The number of nitrogens with one attached hydrogen (secondary N) is 2. The van der Waals surface area contributed by atoms with E-state index in [9.17, 15) is 8.42 Å². The van der Waals surface area contributed by atoms with E-state index in [0.29, 0.717) is 18.7 Å². The van der Waals surface area contributed by atoms with E-state index in [0.717, 1.165) is 26.1 Å². The number of aromatic nitrogens is 2. The summed E-state index contributed by atoms with van der Waals surface area (Å²) in [7, 11) is -1.50. The molecule has 0 saturated carbocycles. The predicted molar refractivity (Wildman–Crippen MR) is 81.4 cm³/mol. The number of rotatable bonds is 5. The summed E-state index contributed by atoms with van der Waals surface area (Å²) < 4.78 is 27.4. The van der Waals surface area contributed by atoms with Gasteiger partial charge in [0.05, 0.1) is 6.20 Å². The van der Waals surface area contributed by atoms with E-state index in [4.69, 9.17) is 0 Å². The Labute approximate surface area is 126 Å². The second-order valence-electron chi connectivity index (χ2n) is 5.59. The molecular weight excluding hydrogens is 290 g/mol. The Morgan fingerprint density at radius 3 is 2.95 bits per heavy atom. The number of nitrogens with zero attached hydrogens (tertiary/aromatic N) is 3. The maximum absolute atomic E-state index is 12.9. The maximum Gasteiger partial charge on any atom is 0.260 e. The lowest BCUT2D eigenvalue weighted by Gasteiger charge is -2.26. The molecule has 0 bridgehead atoms. The van der Waals surface area contributed by atoms with Crippen LogP contribution in [0.15, 0.2) is 11.2 Å². The summed E-state index contributed by atoms with van der Waals surface area (Å²) in [6, 6.07) is -0.0437. The number of aromatic amines is 1. The molecule has 1 saturated heterocycles. The lowest BCUT2D eigenvalue weighted by atomic mass is 10.3. The van der Waals surface area contributed by atoms with Crippen molar-refractivity contribution in [3.63, 3.8) is 0 Å². The highest BCUT2D eigenvalue weighted by molar-refractivity contribution is 7.89. The molecule has 0 radical (unpaired) electrons. The number of hydrogen-bond acceptors (Lipinski definition) is 5. The Bertz CT molecular complexity index is 557. The number of H-pyrrole nitrogens is 1. The molecule has 1 unspecified atom stereocenters. The molecule has 120 valence electrons. The Hall–Kier alpha value is -0.960. The molecule has 0 spiro atoms. The normalized spacial score (nSPS) is 22.3. The summed E-state index contributed by atoms with van der Waals surface area (Å²) >= 11 is 0. The van der Waals surface area contributed by atoms with Gasteiger partial charge in [0.1, 0.15) is 0 Å². The van der Waals surface area contributed by atoms with Crippen molar-refractivity contribution in [3.8, 4) is 0 Å². The average molecular weight is 315 g/mol. The third-order valence-corrected chi connectivity index (χ3v) is 5.83. The highest BCUT2D eigenvalue weighted by Gasteiger charge is 2.33. The van der Waals surface area contributed by atoms with E-state index < -0.39 is 10.0 Å². The van der Waals surface area contributed by atoms with Gasteiger partial charge in [-0.15, -0.1) is 0 Å². The lowest BCUT2D eigenvalue weighted by Crippen LogP contribution is -2.42. The van der Waals surface area contributed by atoms with Gasteiger partial charge >= 0.3 is 0 Å². The molecule has 1 atom stereocenters. The minimum absolute atomic E-state index is 0.0437. The molecule has 2 N–H and O–H groups in total. The van der Waals surface area contributed by atoms with Crippen molar-refractivity contribution < 1.29 is 8.42 Å². The first kappa shape index (κ1) is 16.4. The van der Waals surface area contributed by atoms with Crippen LogP contribution >= 0.6 is 0 Å². The minimum Gasteiger partial charge on any atom is -0.313 e. The Morgan fingerprint density at radius 1 is 1.48 bits per heavy atom. The van der Waals surface area contributed by atoms with Crippen molar-refractivity contribution in [1.82, 2.24) is 24.7 Å². The molecule has 1 aromatic rings. The van der Waals surface area contributed by atoms with Crippen LogP contribution in [-0.4, -0.2) is 67.1 Å². The first-order chi connectivity index (χ1) is 9.96. The summed E-state index contributed by atoms with van der Waals surface area (Å²) in [5.41, 5.74) is 0.696. The van der Waals surface area contributed by atoms with E-state index in [1.807, 2.05) is 20.9 Å². The van der Waals surface area contributed by atoms with Gasteiger partial charge in [0.25, 0.3) is 10.0 Å². The van der Waals surface area contributed by atoms with Gasteiger partial charge in [0.15, 0.2) is 5.03 Å². The van der Waals surface area contributed by atoms with Crippen LogP contribution in [0, 0.1) is 0 Å². The Kier molecular flexibility index (Phi) is 5.37. The zero-order chi connectivity index (χ0) is 15.5. The van der Waals surface area contributed by atoms with E-state index in [1.54, 1.807) is 10.5 Å². The lowest BCUT2D eigenvalue weighted by molar-refractivity contribution is 0.290. The van der Waals surface area contributed by atoms with E-state index in [2.05, 4.69) is 20.4 Å².